The molecule has 1 aromatic rings. The van der Waals surface area contributed by atoms with E-state index in [1.54, 1.807) is 7.11 Å². The molecular formula is C16H25FN2O. The van der Waals surface area contributed by atoms with E-state index in [4.69, 9.17) is 4.74 Å². The monoisotopic (exact) mass is 280 g/mol. The third kappa shape index (κ3) is 3.93. The van der Waals surface area contributed by atoms with Gasteiger partial charge in [0.15, 0.2) is 0 Å². The number of hydrogen-bond donors (Lipinski definition) is 1. The molecule has 1 unspecified atom stereocenters. The standard InChI is InChI=1S/C16H25FN2O/c1-12(2)16-11-19(8-4-7-18-16)10-13-5-6-14(20-3)9-15(13)17/h5-6,9,12,16,18H,4,7-8,10-11H2,1-3H3. The van der Waals surface area contributed by atoms with Gasteiger partial charge in [0, 0.05) is 30.8 Å². The number of hydrogen-bond acceptors (Lipinski definition) is 3. The first-order valence-electron chi connectivity index (χ1n) is 7.38. The predicted octanol–water partition coefficient (Wildman–Crippen LogP) is 2.65. The van der Waals surface area contributed by atoms with E-state index in [1.165, 1.54) is 6.07 Å². The smallest absolute Gasteiger partial charge is 0.131 e. The maximum absolute atomic E-state index is 14.0. The van der Waals surface area contributed by atoms with Crippen LogP contribution in [0.4, 0.5) is 4.39 Å². The Morgan fingerprint density at radius 1 is 1.45 bits per heavy atom. The number of halogens is 1. The number of methoxy groups -OCH3 is 1. The van der Waals surface area contributed by atoms with E-state index in [0.717, 1.165) is 31.6 Å². The zero-order chi connectivity index (χ0) is 14.5. The van der Waals surface area contributed by atoms with Gasteiger partial charge >= 0.3 is 0 Å². The molecule has 20 heavy (non-hydrogen) atoms. The summed E-state index contributed by atoms with van der Waals surface area (Å²) in [4.78, 5) is 2.34. The molecule has 1 aliphatic rings. The molecule has 1 heterocycles. The Kier molecular flexibility index (Phi) is 5.38. The number of benzene rings is 1. The van der Waals surface area contributed by atoms with Crippen LogP contribution in [0, 0.1) is 11.7 Å². The third-order valence-electron chi connectivity index (χ3n) is 3.97. The second-order valence-electron chi connectivity index (χ2n) is 5.85. The van der Waals surface area contributed by atoms with Crippen molar-refractivity contribution in [3.8, 4) is 5.75 Å². The quantitative estimate of drug-likeness (QED) is 0.917. The molecule has 1 N–H and O–H groups in total. The Morgan fingerprint density at radius 2 is 2.25 bits per heavy atom. The van der Waals surface area contributed by atoms with Crippen LogP contribution in [-0.4, -0.2) is 37.7 Å². The maximum Gasteiger partial charge on any atom is 0.131 e. The third-order valence-corrected chi connectivity index (χ3v) is 3.97. The van der Waals surface area contributed by atoms with Crippen molar-refractivity contribution < 1.29 is 9.13 Å². The average Bonchev–Trinajstić information content (AvgIpc) is 2.66. The van der Waals surface area contributed by atoms with Crippen LogP contribution in [-0.2, 0) is 6.54 Å². The Hall–Kier alpha value is -1.13. The van der Waals surface area contributed by atoms with Crippen LogP contribution in [0.2, 0.25) is 0 Å². The summed E-state index contributed by atoms with van der Waals surface area (Å²) >= 11 is 0. The molecule has 2 rings (SSSR count). The van der Waals surface area contributed by atoms with Gasteiger partial charge in [-0.2, -0.15) is 0 Å². The van der Waals surface area contributed by atoms with Crippen LogP contribution in [0.25, 0.3) is 0 Å². The van der Waals surface area contributed by atoms with Gasteiger partial charge < -0.3 is 10.1 Å². The van der Waals surface area contributed by atoms with Crippen LogP contribution >= 0.6 is 0 Å². The summed E-state index contributed by atoms with van der Waals surface area (Å²) < 4.78 is 19.1. The predicted molar refractivity (Wildman–Crippen MR) is 79.5 cm³/mol. The van der Waals surface area contributed by atoms with Gasteiger partial charge in [-0.3, -0.25) is 4.90 Å². The van der Waals surface area contributed by atoms with Gasteiger partial charge in [-0.25, -0.2) is 4.39 Å². The maximum atomic E-state index is 14.0. The molecule has 1 saturated heterocycles. The van der Waals surface area contributed by atoms with Crippen LogP contribution in [0.3, 0.4) is 0 Å². The largest absolute Gasteiger partial charge is 0.497 e. The summed E-state index contributed by atoms with van der Waals surface area (Å²) in [6.07, 6.45) is 1.11. The Labute approximate surface area is 121 Å². The summed E-state index contributed by atoms with van der Waals surface area (Å²) in [6, 6.07) is 5.61. The minimum absolute atomic E-state index is 0.178. The number of nitrogens with zero attached hydrogens (tertiary/aromatic N) is 1. The SMILES string of the molecule is COc1ccc(CN2CCCNC(C(C)C)C2)c(F)c1. The Morgan fingerprint density at radius 3 is 2.90 bits per heavy atom. The van der Waals surface area contributed by atoms with Gasteiger partial charge in [0.05, 0.1) is 7.11 Å². The van der Waals surface area contributed by atoms with E-state index in [2.05, 4.69) is 24.1 Å². The lowest BCUT2D eigenvalue weighted by molar-refractivity contribution is 0.235. The average molecular weight is 280 g/mol. The molecule has 0 amide bonds. The van der Waals surface area contributed by atoms with Crippen molar-refractivity contribution in [1.82, 2.24) is 10.2 Å². The molecule has 1 fully saturated rings. The lowest BCUT2D eigenvalue weighted by atomic mass is 10.0. The Balaban J connectivity index is 2.04. The fourth-order valence-electron chi connectivity index (χ4n) is 2.64. The fourth-order valence-corrected chi connectivity index (χ4v) is 2.64. The first-order chi connectivity index (χ1) is 9.60. The molecule has 1 aliphatic heterocycles. The molecule has 1 atom stereocenters. The molecule has 0 bridgehead atoms. The number of nitrogens with one attached hydrogen (secondary N) is 1. The highest BCUT2D eigenvalue weighted by molar-refractivity contribution is 5.28. The summed E-state index contributed by atoms with van der Waals surface area (Å²) in [5, 5.41) is 3.57. The Bertz CT molecular complexity index is 436. The molecule has 0 saturated carbocycles. The van der Waals surface area contributed by atoms with Gasteiger partial charge in [0.25, 0.3) is 0 Å². The number of rotatable bonds is 4. The zero-order valence-electron chi connectivity index (χ0n) is 12.7. The molecule has 1 aromatic carbocycles. The van der Waals surface area contributed by atoms with Crippen molar-refractivity contribution in [3.63, 3.8) is 0 Å². The van der Waals surface area contributed by atoms with Gasteiger partial charge in [-0.05, 0) is 31.5 Å². The highest BCUT2D eigenvalue weighted by atomic mass is 19.1. The van der Waals surface area contributed by atoms with Crippen LogP contribution < -0.4 is 10.1 Å². The molecule has 112 valence electrons. The van der Waals surface area contributed by atoms with E-state index in [-0.39, 0.29) is 5.82 Å². The molecule has 4 heteroatoms. The van der Waals surface area contributed by atoms with Gasteiger partial charge in [0.1, 0.15) is 11.6 Å². The minimum Gasteiger partial charge on any atom is -0.497 e. The zero-order valence-corrected chi connectivity index (χ0v) is 12.7. The lowest BCUT2D eigenvalue weighted by Crippen LogP contribution is -2.41. The van der Waals surface area contributed by atoms with Crippen LogP contribution in [0.15, 0.2) is 18.2 Å². The highest BCUT2D eigenvalue weighted by Crippen LogP contribution is 2.19. The highest BCUT2D eigenvalue weighted by Gasteiger charge is 2.21. The van der Waals surface area contributed by atoms with E-state index in [1.807, 2.05) is 12.1 Å². The van der Waals surface area contributed by atoms with Crippen LogP contribution in [0.1, 0.15) is 25.8 Å². The van der Waals surface area contributed by atoms with E-state index < -0.39 is 0 Å². The lowest BCUT2D eigenvalue weighted by Gasteiger charge is -2.27. The molecule has 0 spiro atoms. The summed E-state index contributed by atoms with van der Waals surface area (Å²) in [5.41, 5.74) is 0.746. The van der Waals surface area contributed by atoms with Gasteiger partial charge in [-0.15, -0.1) is 0 Å². The first-order valence-corrected chi connectivity index (χ1v) is 7.38. The molecule has 3 nitrogen and oxygen atoms in total. The van der Waals surface area contributed by atoms with Crippen LogP contribution in [0.5, 0.6) is 5.75 Å². The van der Waals surface area contributed by atoms with E-state index in [9.17, 15) is 4.39 Å². The van der Waals surface area contributed by atoms with Crippen molar-refractivity contribution in [3.05, 3.63) is 29.6 Å². The fraction of sp³-hybridized carbons (Fsp3) is 0.625. The second kappa shape index (κ2) is 7.04. The van der Waals surface area contributed by atoms with Gasteiger partial charge in [0.2, 0.25) is 0 Å². The molecule has 0 radical (unpaired) electrons. The van der Waals surface area contributed by atoms with Crippen molar-refractivity contribution in [2.24, 2.45) is 5.92 Å². The van der Waals surface area contributed by atoms with Crippen molar-refractivity contribution in [2.45, 2.75) is 32.9 Å². The molecular weight excluding hydrogens is 255 g/mol. The van der Waals surface area contributed by atoms with Crippen molar-refractivity contribution >= 4 is 0 Å². The number of ether oxygens (including phenoxy) is 1. The van der Waals surface area contributed by atoms with Crippen molar-refractivity contribution in [2.75, 3.05) is 26.7 Å². The topological polar surface area (TPSA) is 24.5 Å². The van der Waals surface area contributed by atoms with E-state index >= 15 is 0 Å². The summed E-state index contributed by atoms with van der Waals surface area (Å²) in [5.74, 6) is 0.989. The molecule has 0 aliphatic carbocycles. The first kappa shape index (κ1) is 15.3. The minimum atomic E-state index is -0.178. The van der Waals surface area contributed by atoms with E-state index in [0.29, 0.717) is 24.3 Å². The second-order valence-corrected chi connectivity index (χ2v) is 5.85. The normalized spacial score (nSPS) is 20.9. The van der Waals surface area contributed by atoms with Gasteiger partial charge in [-0.1, -0.05) is 19.9 Å². The van der Waals surface area contributed by atoms with Crippen molar-refractivity contribution in [1.29, 1.82) is 0 Å². The summed E-state index contributed by atoms with van der Waals surface area (Å²) in [6.45, 7) is 8.17. The molecule has 0 aromatic heterocycles. The summed E-state index contributed by atoms with van der Waals surface area (Å²) in [7, 11) is 1.56.